The number of likely N-dealkylation sites (tertiary alicyclic amines) is 1. The Balaban J connectivity index is 2.68. The summed E-state index contributed by atoms with van der Waals surface area (Å²) in [7, 11) is 0. The van der Waals surface area contributed by atoms with Crippen LogP contribution in [0.5, 0.6) is 0 Å². The quantitative estimate of drug-likeness (QED) is 0.477. The van der Waals surface area contributed by atoms with Gasteiger partial charge in [-0.1, -0.05) is 0 Å². The first-order chi connectivity index (χ1) is 6.70. The van der Waals surface area contributed by atoms with E-state index in [9.17, 15) is 9.59 Å². The van der Waals surface area contributed by atoms with Crippen molar-refractivity contribution in [2.75, 3.05) is 6.54 Å². The highest BCUT2D eigenvalue weighted by Gasteiger charge is 2.34. The van der Waals surface area contributed by atoms with Crippen LogP contribution >= 0.6 is 0 Å². The maximum atomic E-state index is 11.0. The van der Waals surface area contributed by atoms with Crippen molar-refractivity contribution in [2.24, 2.45) is 0 Å². The Morgan fingerprint density at radius 1 is 1.21 bits per heavy atom. The summed E-state index contributed by atoms with van der Waals surface area (Å²) in [6.45, 7) is 0.291. The number of hydrogen-bond donors (Lipinski definition) is 2. The van der Waals surface area contributed by atoms with E-state index in [2.05, 4.69) is 9.78 Å². The van der Waals surface area contributed by atoms with Gasteiger partial charge >= 0.3 is 12.1 Å². The van der Waals surface area contributed by atoms with E-state index in [0.717, 1.165) is 11.3 Å². The number of rotatable bonds is 1. The summed E-state index contributed by atoms with van der Waals surface area (Å²) in [5.74, 6) is -0.921. The lowest BCUT2D eigenvalue weighted by atomic mass is 10.0. The van der Waals surface area contributed by atoms with Crippen molar-refractivity contribution in [2.45, 2.75) is 25.3 Å². The highest BCUT2D eigenvalue weighted by atomic mass is 17.1. The highest BCUT2D eigenvalue weighted by Crippen LogP contribution is 2.18. The average Bonchev–Trinajstić information content (AvgIpc) is 2.27. The van der Waals surface area contributed by atoms with E-state index in [4.69, 9.17) is 10.5 Å². The van der Waals surface area contributed by atoms with Gasteiger partial charge in [0, 0.05) is 6.54 Å². The summed E-state index contributed by atoms with van der Waals surface area (Å²) in [6.07, 6.45) is 0.827. The molecule has 80 valence electrons. The minimum absolute atomic E-state index is 0.291. The Hall–Kier alpha value is -1.34. The van der Waals surface area contributed by atoms with Gasteiger partial charge in [-0.3, -0.25) is 14.7 Å². The Bertz CT molecular complexity index is 206. The molecule has 7 heteroatoms. The normalized spacial score (nSPS) is 21.6. The molecule has 0 radical (unpaired) electrons. The van der Waals surface area contributed by atoms with E-state index in [1.54, 1.807) is 0 Å². The zero-order valence-electron chi connectivity index (χ0n) is 7.38. The molecule has 0 aromatic carbocycles. The lowest BCUT2D eigenvalue weighted by Crippen LogP contribution is -2.48. The van der Waals surface area contributed by atoms with E-state index in [0.29, 0.717) is 19.4 Å². The molecular formula is C7H11NO6. The molecule has 0 aromatic rings. The van der Waals surface area contributed by atoms with Crippen molar-refractivity contribution in [3.05, 3.63) is 0 Å². The van der Waals surface area contributed by atoms with Crippen LogP contribution < -0.4 is 0 Å². The van der Waals surface area contributed by atoms with Crippen LogP contribution in [0.3, 0.4) is 0 Å². The van der Waals surface area contributed by atoms with E-state index < -0.39 is 18.1 Å². The fourth-order valence-corrected chi connectivity index (χ4v) is 1.51. The second-order valence-electron chi connectivity index (χ2n) is 2.97. The lowest BCUT2D eigenvalue weighted by Gasteiger charge is -2.30. The standard InChI is InChI=1S/C7H11NO6/c9-6(13-11)5-3-1-2-4-8(5)7(10)14-12/h5,11-12H,1-4H2. The lowest BCUT2D eigenvalue weighted by molar-refractivity contribution is -0.242. The molecule has 14 heavy (non-hydrogen) atoms. The van der Waals surface area contributed by atoms with E-state index in [1.165, 1.54) is 0 Å². The van der Waals surface area contributed by atoms with Gasteiger partial charge < -0.3 is 0 Å². The average molecular weight is 205 g/mol. The Morgan fingerprint density at radius 2 is 1.93 bits per heavy atom. The van der Waals surface area contributed by atoms with Crippen LogP contribution in [-0.2, 0) is 14.6 Å². The summed E-state index contributed by atoms with van der Waals surface area (Å²) in [5.41, 5.74) is 0. The molecular weight excluding hydrogens is 194 g/mol. The second-order valence-corrected chi connectivity index (χ2v) is 2.97. The van der Waals surface area contributed by atoms with Crippen LogP contribution in [-0.4, -0.2) is 40.1 Å². The van der Waals surface area contributed by atoms with Gasteiger partial charge in [-0.15, -0.1) is 0 Å². The predicted octanol–water partition coefficient (Wildman–Crippen LogP) is 0.467. The van der Waals surface area contributed by atoms with Crippen molar-refractivity contribution < 1.29 is 29.9 Å². The third kappa shape index (κ3) is 2.12. The molecule has 0 aromatic heterocycles. The molecule has 1 fully saturated rings. The van der Waals surface area contributed by atoms with Crippen LogP contribution in [0.15, 0.2) is 0 Å². The molecule has 1 aliphatic heterocycles. The smallest absolute Gasteiger partial charge is 0.299 e. The molecule has 1 amide bonds. The van der Waals surface area contributed by atoms with Crippen LogP contribution in [0.4, 0.5) is 4.79 Å². The van der Waals surface area contributed by atoms with Gasteiger partial charge in [0.1, 0.15) is 6.04 Å². The van der Waals surface area contributed by atoms with Gasteiger partial charge in [0.2, 0.25) is 0 Å². The molecule has 1 unspecified atom stereocenters. The fourth-order valence-electron chi connectivity index (χ4n) is 1.51. The summed E-state index contributed by atoms with van der Waals surface area (Å²) in [5, 5.41) is 16.3. The van der Waals surface area contributed by atoms with Crippen molar-refractivity contribution in [1.82, 2.24) is 4.90 Å². The summed E-state index contributed by atoms with van der Waals surface area (Å²) in [4.78, 5) is 30.0. The fraction of sp³-hybridized carbons (Fsp3) is 0.714. The zero-order valence-corrected chi connectivity index (χ0v) is 7.38. The predicted molar refractivity (Wildman–Crippen MR) is 42.2 cm³/mol. The Labute approximate surface area is 79.7 Å². The number of carbonyl (C=O) groups is 2. The molecule has 0 spiro atoms. The van der Waals surface area contributed by atoms with Crippen LogP contribution in [0.2, 0.25) is 0 Å². The molecule has 2 N–H and O–H groups in total. The first kappa shape index (κ1) is 10.7. The van der Waals surface area contributed by atoms with Crippen molar-refractivity contribution in [3.8, 4) is 0 Å². The summed E-state index contributed by atoms with van der Waals surface area (Å²) < 4.78 is 0. The van der Waals surface area contributed by atoms with Gasteiger partial charge in [-0.05, 0) is 19.3 Å². The molecule has 1 atom stereocenters. The third-order valence-electron chi connectivity index (χ3n) is 2.18. The SMILES string of the molecule is O=C(OO)C1CCCCN1C(=O)OO. The molecule has 1 heterocycles. The van der Waals surface area contributed by atoms with Gasteiger partial charge in [0.25, 0.3) is 0 Å². The highest BCUT2D eigenvalue weighted by molar-refractivity contribution is 5.81. The minimum atomic E-state index is -1.01. The number of nitrogens with zero attached hydrogens (tertiary/aromatic N) is 1. The largest absolute Gasteiger partial charge is 0.441 e. The van der Waals surface area contributed by atoms with E-state index in [-0.39, 0.29) is 0 Å². The first-order valence-electron chi connectivity index (χ1n) is 4.18. The number of hydrogen-bond acceptors (Lipinski definition) is 6. The van der Waals surface area contributed by atoms with Crippen molar-refractivity contribution in [3.63, 3.8) is 0 Å². The molecule has 1 aliphatic rings. The molecule has 1 rings (SSSR count). The number of piperidine rings is 1. The zero-order chi connectivity index (χ0) is 10.6. The van der Waals surface area contributed by atoms with Gasteiger partial charge in [-0.2, -0.15) is 10.5 Å². The topological polar surface area (TPSA) is 96.3 Å². The van der Waals surface area contributed by atoms with Crippen LogP contribution in [0.1, 0.15) is 19.3 Å². The first-order valence-corrected chi connectivity index (χ1v) is 4.18. The summed E-state index contributed by atoms with van der Waals surface area (Å²) in [6, 6.07) is -0.881. The van der Waals surface area contributed by atoms with Gasteiger partial charge in [0.15, 0.2) is 0 Å². The van der Waals surface area contributed by atoms with Crippen molar-refractivity contribution >= 4 is 12.1 Å². The monoisotopic (exact) mass is 205 g/mol. The summed E-state index contributed by atoms with van der Waals surface area (Å²) >= 11 is 0. The molecule has 1 saturated heterocycles. The number of carbonyl (C=O) groups excluding carboxylic acids is 2. The Morgan fingerprint density at radius 3 is 2.50 bits per heavy atom. The minimum Gasteiger partial charge on any atom is -0.299 e. The Kier molecular flexibility index (Phi) is 3.66. The van der Waals surface area contributed by atoms with Gasteiger partial charge in [0.05, 0.1) is 0 Å². The third-order valence-corrected chi connectivity index (χ3v) is 2.18. The molecule has 0 bridgehead atoms. The van der Waals surface area contributed by atoms with E-state index in [1.807, 2.05) is 0 Å². The maximum Gasteiger partial charge on any atom is 0.441 e. The molecule has 7 nitrogen and oxygen atoms in total. The van der Waals surface area contributed by atoms with Crippen molar-refractivity contribution in [1.29, 1.82) is 0 Å². The second kappa shape index (κ2) is 4.77. The maximum absolute atomic E-state index is 11.0. The molecule has 0 saturated carbocycles. The molecule has 0 aliphatic carbocycles. The van der Waals surface area contributed by atoms with Crippen LogP contribution in [0.25, 0.3) is 0 Å². The van der Waals surface area contributed by atoms with E-state index >= 15 is 0 Å². The van der Waals surface area contributed by atoms with Gasteiger partial charge in [-0.25, -0.2) is 9.59 Å². The number of amides is 1. The van der Waals surface area contributed by atoms with Crippen LogP contribution in [0, 0.1) is 0 Å².